The first-order valence-corrected chi connectivity index (χ1v) is 4.32. The van der Waals surface area contributed by atoms with Crippen LogP contribution < -0.4 is 0 Å². The van der Waals surface area contributed by atoms with Gasteiger partial charge in [-0.25, -0.2) is 9.97 Å². The van der Waals surface area contributed by atoms with Crippen LogP contribution in [0.5, 0.6) is 0 Å². The number of hydrogen-bond donors (Lipinski definition) is 0. The van der Waals surface area contributed by atoms with E-state index in [1.807, 2.05) is 0 Å². The number of pyridine rings is 1. The molecule has 0 aliphatic carbocycles. The molecule has 76 valence electrons. The highest BCUT2D eigenvalue weighted by Gasteiger charge is 2.13. The number of imidazole rings is 1. The molecule has 0 spiro atoms. The van der Waals surface area contributed by atoms with Gasteiger partial charge in [0.05, 0.1) is 0 Å². The van der Waals surface area contributed by atoms with Crippen molar-refractivity contribution in [1.82, 2.24) is 14.5 Å². The molecule has 0 saturated heterocycles. The zero-order chi connectivity index (χ0) is 10.8. The van der Waals surface area contributed by atoms with E-state index in [1.165, 1.54) is 18.5 Å². The summed E-state index contributed by atoms with van der Waals surface area (Å²) in [6.07, 6.45) is 4.43. The molecular weight excluding hydrogens is 197 g/mol. The molecule has 2 heterocycles. The second-order valence-electron chi connectivity index (χ2n) is 3.06. The van der Waals surface area contributed by atoms with E-state index < -0.39 is 5.95 Å². The van der Waals surface area contributed by atoms with Crippen LogP contribution in [0.15, 0.2) is 30.7 Å². The minimum atomic E-state index is -0.671. The van der Waals surface area contributed by atoms with Gasteiger partial charge in [0.1, 0.15) is 0 Å². The zero-order valence-corrected chi connectivity index (χ0v) is 8.01. The summed E-state index contributed by atoms with van der Waals surface area (Å²) in [6.45, 7) is 0. The summed E-state index contributed by atoms with van der Waals surface area (Å²) in [6, 6.07) is 2.55. The molecule has 0 unspecified atom stereocenters. The number of aromatic nitrogens is 3. The van der Waals surface area contributed by atoms with Crippen LogP contribution in [0.4, 0.5) is 4.39 Å². The molecule has 2 rings (SSSR count). The summed E-state index contributed by atoms with van der Waals surface area (Å²) in [4.78, 5) is 19.1. The molecule has 0 fully saturated rings. The Labute approximate surface area is 85.4 Å². The Morgan fingerprint density at radius 3 is 2.80 bits per heavy atom. The van der Waals surface area contributed by atoms with Crippen LogP contribution in [0.25, 0.3) is 0 Å². The van der Waals surface area contributed by atoms with Gasteiger partial charge in [-0.3, -0.25) is 4.79 Å². The normalized spacial score (nSPS) is 10.3. The zero-order valence-electron chi connectivity index (χ0n) is 8.01. The van der Waals surface area contributed by atoms with E-state index in [4.69, 9.17) is 0 Å². The smallest absolute Gasteiger partial charge is 0.228 e. The van der Waals surface area contributed by atoms with Crippen molar-refractivity contribution in [3.05, 3.63) is 48.1 Å². The van der Waals surface area contributed by atoms with Gasteiger partial charge in [-0.05, 0) is 6.07 Å². The van der Waals surface area contributed by atoms with Gasteiger partial charge in [0.2, 0.25) is 11.7 Å². The van der Waals surface area contributed by atoms with E-state index in [1.54, 1.807) is 17.8 Å². The van der Waals surface area contributed by atoms with Gasteiger partial charge in [-0.15, -0.1) is 0 Å². The molecule has 0 amide bonds. The summed E-state index contributed by atoms with van der Waals surface area (Å²) in [5, 5.41) is 0. The first-order valence-electron chi connectivity index (χ1n) is 4.32. The van der Waals surface area contributed by atoms with Gasteiger partial charge < -0.3 is 4.57 Å². The summed E-state index contributed by atoms with van der Waals surface area (Å²) in [5.41, 5.74) is 0.247. The first-order chi connectivity index (χ1) is 7.18. The van der Waals surface area contributed by atoms with E-state index >= 15 is 0 Å². The lowest BCUT2D eigenvalue weighted by molar-refractivity contribution is 0.102. The fourth-order valence-corrected chi connectivity index (χ4v) is 1.26. The third-order valence-corrected chi connectivity index (χ3v) is 2.01. The largest absolute Gasteiger partial charge is 0.331 e. The van der Waals surface area contributed by atoms with Crippen molar-refractivity contribution in [2.24, 2.45) is 7.05 Å². The Bertz CT molecular complexity index is 507. The van der Waals surface area contributed by atoms with E-state index in [9.17, 15) is 9.18 Å². The van der Waals surface area contributed by atoms with Crippen LogP contribution >= 0.6 is 0 Å². The molecule has 0 bridgehead atoms. The van der Waals surface area contributed by atoms with Gasteiger partial charge in [-0.2, -0.15) is 4.39 Å². The van der Waals surface area contributed by atoms with Crippen molar-refractivity contribution in [2.75, 3.05) is 0 Å². The Morgan fingerprint density at radius 2 is 2.20 bits per heavy atom. The number of hydrogen-bond acceptors (Lipinski definition) is 3. The SMILES string of the molecule is Cn1ccnc1C(=O)c1ccnc(F)c1. The number of carbonyl (C=O) groups excluding carboxylic acids is 1. The molecule has 0 radical (unpaired) electrons. The molecule has 0 aliphatic rings. The molecule has 15 heavy (non-hydrogen) atoms. The lowest BCUT2D eigenvalue weighted by atomic mass is 10.1. The molecular formula is C10H8FN3O. The highest BCUT2D eigenvalue weighted by Crippen LogP contribution is 2.07. The van der Waals surface area contributed by atoms with Crippen molar-refractivity contribution in [2.45, 2.75) is 0 Å². The number of halogens is 1. The maximum atomic E-state index is 12.8. The minimum absolute atomic E-state index is 0.247. The van der Waals surface area contributed by atoms with Gasteiger partial charge >= 0.3 is 0 Å². The maximum Gasteiger partial charge on any atom is 0.228 e. The Kier molecular flexibility index (Phi) is 2.29. The molecule has 0 aliphatic heterocycles. The van der Waals surface area contributed by atoms with Crippen molar-refractivity contribution in [3.63, 3.8) is 0 Å². The lowest BCUT2D eigenvalue weighted by Gasteiger charge is -2.00. The summed E-state index contributed by atoms with van der Waals surface area (Å²) < 4.78 is 14.4. The predicted octanol–water partition coefficient (Wildman–Crippen LogP) is 1.19. The van der Waals surface area contributed by atoms with Crippen LogP contribution in [0.2, 0.25) is 0 Å². The number of nitrogens with zero attached hydrogens (tertiary/aromatic N) is 3. The summed E-state index contributed by atoms with van der Waals surface area (Å²) in [7, 11) is 1.71. The summed E-state index contributed by atoms with van der Waals surface area (Å²) in [5.74, 6) is -0.709. The molecule has 2 aromatic rings. The second-order valence-corrected chi connectivity index (χ2v) is 3.06. The van der Waals surface area contributed by atoms with Crippen LogP contribution in [-0.2, 0) is 7.05 Å². The highest BCUT2D eigenvalue weighted by atomic mass is 19.1. The molecule has 5 heteroatoms. The van der Waals surface area contributed by atoms with E-state index in [0.717, 1.165) is 6.07 Å². The summed E-state index contributed by atoms with van der Waals surface area (Å²) >= 11 is 0. The van der Waals surface area contributed by atoms with Crippen LogP contribution in [0, 0.1) is 5.95 Å². The van der Waals surface area contributed by atoms with E-state index in [0.29, 0.717) is 0 Å². The molecule has 0 aromatic carbocycles. The van der Waals surface area contributed by atoms with Crippen molar-refractivity contribution in [3.8, 4) is 0 Å². The Balaban J connectivity index is 2.41. The quantitative estimate of drug-likeness (QED) is 0.546. The van der Waals surface area contributed by atoms with Crippen molar-refractivity contribution >= 4 is 5.78 Å². The number of ketones is 1. The Morgan fingerprint density at radius 1 is 1.40 bits per heavy atom. The molecule has 0 saturated carbocycles. The molecule has 4 nitrogen and oxygen atoms in total. The average Bonchev–Trinajstić information content (AvgIpc) is 2.63. The standard InChI is InChI=1S/C10H8FN3O/c1-14-5-4-13-10(14)9(15)7-2-3-12-8(11)6-7/h2-6H,1H3. The van der Waals surface area contributed by atoms with Crippen LogP contribution in [-0.4, -0.2) is 20.3 Å². The first kappa shape index (κ1) is 9.51. The monoisotopic (exact) mass is 205 g/mol. The fraction of sp³-hybridized carbons (Fsp3) is 0.100. The maximum absolute atomic E-state index is 12.8. The van der Waals surface area contributed by atoms with Crippen molar-refractivity contribution in [1.29, 1.82) is 0 Å². The second kappa shape index (κ2) is 3.61. The average molecular weight is 205 g/mol. The third-order valence-electron chi connectivity index (χ3n) is 2.01. The number of rotatable bonds is 2. The van der Waals surface area contributed by atoms with Crippen molar-refractivity contribution < 1.29 is 9.18 Å². The van der Waals surface area contributed by atoms with Gasteiger partial charge in [0, 0.05) is 37.3 Å². The number of carbonyl (C=O) groups is 1. The molecule has 0 N–H and O–H groups in total. The molecule has 0 atom stereocenters. The fourth-order valence-electron chi connectivity index (χ4n) is 1.26. The van der Waals surface area contributed by atoms with E-state index in [-0.39, 0.29) is 17.2 Å². The van der Waals surface area contributed by atoms with Gasteiger partial charge in [0.15, 0.2) is 5.82 Å². The van der Waals surface area contributed by atoms with Crippen LogP contribution in [0.1, 0.15) is 16.2 Å². The predicted molar refractivity (Wildman–Crippen MR) is 50.8 cm³/mol. The Hall–Kier alpha value is -2.04. The van der Waals surface area contributed by atoms with E-state index in [2.05, 4.69) is 9.97 Å². The third kappa shape index (κ3) is 1.76. The highest BCUT2D eigenvalue weighted by molar-refractivity contribution is 6.06. The van der Waals surface area contributed by atoms with Gasteiger partial charge in [-0.1, -0.05) is 0 Å². The number of aryl methyl sites for hydroxylation is 1. The van der Waals surface area contributed by atoms with Gasteiger partial charge in [0.25, 0.3) is 0 Å². The van der Waals surface area contributed by atoms with Crippen LogP contribution in [0.3, 0.4) is 0 Å². The topological polar surface area (TPSA) is 47.8 Å². The lowest BCUT2D eigenvalue weighted by Crippen LogP contribution is -2.09. The molecule has 2 aromatic heterocycles. The minimum Gasteiger partial charge on any atom is -0.331 e.